The van der Waals surface area contributed by atoms with Gasteiger partial charge in [0.2, 0.25) is 0 Å². The maximum Gasteiger partial charge on any atom is 0.255 e. The summed E-state index contributed by atoms with van der Waals surface area (Å²) in [5, 5.41) is 11.3. The summed E-state index contributed by atoms with van der Waals surface area (Å²) in [5.41, 5.74) is 9.02. The molecule has 3 N–H and O–H groups in total. The Morgan fingerprint density at radius 2 is 2.05 bits per heavy atom. The van der Waals surface area contributed by atoms with Crippen molar-refractivity contribution < 1.29 is 4.79 Å². The number of carbonyl (C=O) groups excluding carboxylic acids is 1. The van der Waals surface area contributed by atoms with Gasteiger partial charge in [-0.25, -0.2) is 0 Å². The van der Waals surface area contributed by atoms with Crippen LogP contribution in [0.4, 0.5) is 0 Å². The first kappa shape index (κ1) is 15.2. The van der Waals surface area contributed by atoms with Gasteiger partial charge in [0.1, 0.15) is 0 Å². The predicted molar refractivity (Wildman–Crippen MR) is 79.8 cm³/mol. The topological polar surface area (TPSA) is 90.8 Å². The Kier molecular flexibility index (Phi) is 4.74. The van der Waals surface area contributed by atoms with Crippen molar-refractivity contribution >= 4 is 5.91 Å². The second kappa shape index (κ2) is 6.53. The molecule has 0 spiro atoms. The lowest BCUT2D eigenvalue weighted by Gasteiger charge is -2.06. The van der Waals surface area contributed by atoms with Crippen molar-refractivity contribution in [3.8, 4) is 0 Å². The van der Waals surface area contributed by atoms with Gasteiger partial charge in [0.15, 0.2) is 0 Å². The molecule has 1 amide bonds. The van der Waals surface area contributed by atoms with Gasteiger partial charge >= 0.3 is 0 Å². The molecule has 0 fully saturated rings. The van der Waals surface area contributed by atoms with E-state index in [-0.39, 0.29) is 5.91 Å². The number of amides is 1. The summed E-state index contributed by atoms with van der Waals surface area (Å²) in [5.74, 6) is -0.116. The second-order valence-corrected chi connectivity index (χ2v) is 5.07. The molecular formula is C14H22N6O. The number of rotatable bonds is 6. The van der Waals surface area contributed by atoms with Gasteiger partial charge in [0, 0.05) is 37.1 Å². The molecule has 2 rings (SSSR count). The molecule has 0 unspecified atom stereocenters. The van der Waals surface area contributed by atoms with Crippen LogP contribution in [0.5, 0.6) is 0 Å². The third kappa shape index (κ3) is 3.30. The van der Waals surface area contributed by atoms with Crippen LogP contribution in [0.25, 0.3) is 0 Å². The largest absolute Gasteiger partial charge is 0.348 e. The molecule has 0 aliphatic carbocycles. The average Bonchev–Trinajstić information content (AvgIpc) is 2.99. The maximum atomic E-state index is 12.2. The molecule has 2 aromatic heterocycles. The number of aryl methyl sites for hydroxylation is 2. The first-order valence-electron chi connectivity index (χ1n) is 7.02. The van der Waals surface area contributed by atoms with Crippen LogP contribution in [0.3, 0.4) is 0 Å². The summed E-state index contributed by atoms with van der Waals surface area (Å²) in [6.07, 6.45) is 4.23. The molecule has 0 bridgehead atoms. The van der Waals surface area contributed by atoms with Crippen LogP contribution in [0.15, 0.2) is 12.4 Å². The van der Waals surface area contributed by atoms with E-state index < -0.39 is 0 Å². The number of carbonyl (C=O) groups is 1. The fraction of sp³-hybridized carbons (Fsp3) is 0.500. The molecule has 114 valence electrons. The third-order valence-corrected chi connectivity index (χ3v) is 3.70. The highest BCUT2D eigenvalue weighted by Crippen LogP contribution is 2.09. The zero-order chi connectivity index (χ0) is 15.4. The zero-order valence-electron chi connectivity index (χ0n) is 12.8. The van der Waals surface area contributed by atoms with Crippen molar-refractivity contribution in [1.82, 2.24) is 24.9 Å². The lowest BCUT2D eigenvalue weighted by Crippen LogP contribution is -2.23. The molecule has 0 aliphatic heterocycles. The molecule has 0 radical (unpaired) electrons. The van der Waals surface area contributed by atoms with E-state index in [9.17, 15) is 4.79 Å². The van der Waals surface area contributed by atoms with E-state index >= 15 is 0 Å². The zero-order valence-corrected chi connectivity index (χ0v) is 12.8. The highest BCUT2D eigenvalue weighted by molar-refractivity contribution is 5.94. The normalized spacial score (nSPS) is 10.9. The number of nitrogens with one attached hydrogen (secondary N) is 1. The highest BCUT2D eigenvalue weighted by atomic mass is 16.1. The van der Waals surface area contributed by atoms with Gasteiger partial charge in [-0.2, -0.15) is 10.2 Å². The van der Waals surface area contributed by atoms with Crippen molar-refractivity contribution in [2.45, 2.75) is 33.4 Å². The SMILES string of the molecule is Cc1c(CNC(=O)c2cnn(CCCN)c2C)cnn1C. The Bertz CT molecular complexity index is 627. The lowest BCUT2D eigenvalue weighted by molar-refractivity contribution is 0.0950. The van der Waals surface area contributed by atoms with Gasteiger partial charge in [0.05, 0.1) is 18.0 Å². The van der Waals surface area contributed by atoms with Gasteiger partial charge in [-0.3, -0.25) is 14.2 Å². The van der Waals surface area contributed by atoms with E-state index in [1.807, 2.05) is 25.6 Å². The average molecular weight is 290 g/mol. The molecule has 0 saturated heterocycles. The molecule has 2 heterocycles. The van der Waals surface area contributed by atoms with Gasteiger partial charge in [0.25, 0.3) is 5.91 Å². The third-order valence-electron chi connectivity index (χ3n) is 3.70. The van der Waals surface area contributed by atoms with Crippen LogP contribution >= 0.6 is 0 Å². The van der Waals surface area contributed by atoms with Crippen LogP contribution < -0.4 is 11.1 Å². The Hall–Kier alpha value is -2.15. The van der Waals surface area contributed by atoms with Gasteiger partial charge in [-0.05, 0) is 26.8 Å². The molecular weight excluding hydrogens is 268 g/mol. The van der Waals surface area contributed by atoms with Crippen LogP contribution in [-0.2, 0) is 20.1 Å². The van der Waals surface area contributed by atoms with E-state index in [4.69, 9.17) is 5.73 Å². The number of hydrogen-bond acceptors (Lipinski definition) is 4. The Balaban J connectivity index is 2.00. The maximum absolute atomic E-state index is 12.2. The van der Waals surface area contributed by atoms with E-state index in [0.29, 0.717) is 18.7 Å². The molecule has 0 saturated carbocycles. The molecule has 21 heavy (non-hydrogen) atoms. The minimum Gasteiger partial charge on any atom is -0.348 e. The number of nitrogens with zero attached hydrogens (tertiary/aromatic N) is 4. The second-order valence-electron chi connectivity index (χ2n) is 5.07. The summed E-state index contributed by atoms with van der Waals surface area (Å²) in [4.78, 5) is 12.2. The fourth-order valence-corrected chi connectivity index (χ4v) is 2.12. The Labute approximate surface area is 124 Å². The van der Waals surface area contributed by atoms with Crippen molar-refractivity contribution in [3.63, 3.8) is 0 Å². The smallest absolute Gasteiger partial charge is 0.255 e. The van der Waals surface area contributed by atoms with Crippen LogP contribution in [-0.4, -0.2) is 32.0 Å². The Morgan fingerprint density at radius 3 is 2.67 bits per heavy atom. The molecule has 0 aliphatic rings. The highest BCUT2D eigenvalue weighted by Gasteiger charge is 2.14. The van der Waals surface area contributed by atoms with Crippen molar-refractivity contribution in [2.24, 2.45) is 12.8 Å². The minimum atomic E-state index is -0.116. The van der Waals surface area contributed by atoms with E-state index in [1.165, 1.54) is 0 Å². The van der Waals surface area contributed by atoms with E-state index in [2.05, 4.69) is 15.5 Å². The quantitative estimate of drug-likeness (QED) is 0.811. The van der Waals surface area contributed by atoms with Crippen LogP contribution in [0, 0.1) is 13.8 Å². The molecule has 2 aromatic rings. The first-order valence-corrected chi connectivity index (χ1v) is 7.02. The van der Waals surface area contributed by atoms with E-state index in [0.717, 1.165) is 29.9 Å². The number of nitrogens with two attached hydrogens (primary N) is 1. The first-order chi connectivity index (χ1) is 10.0. The van der Waals surface area contributed by atoms with Gasteiger partial charge in [-0.1, -0.05) is 0 Å². The van der Waals surface area contributed by atoms with Crippen molar-refractivity contribution in [3.05, 3.63) is 34.9 Å². The van der Waals surface area contributed by atoms with Gasteiger partial charge < -0.3 is 11.1 Å². The summed E-state index contributed by atoms with van der Waals surface area (Å²) in [7, 11) is 1.88. The monoisotopic (exact) mass is 290 g/mol. The molecule has 7 nitrogen and oxygen atoms in total. The van der Waals surface area contributed by atoms with Crippen molar-refractivity contribution in [2.75, 3.05) is 6.54 Å². The van der Waals surface area contributed by atoms with Gasteiger partial charge in [-0.15, -0.1) is 0 Å². The van der Waals surface area contributed by atoms with E-state index in [1.54, 1.807) is 17.1 Å². The Morgan fingerprint density at radius 1 is 1.29 bits per heavy atom. The minimum absolute atomic E-state index is 0.116. The number of hydrogen-bond donors (Lipinski definition) is 2. The fourth-order valence-electron chi connectivity index (χ4n) is 2.12. The standard InChI is InChI=1S/C14H22N6O/c1-10-12(8-17-19(10)3)7-16-14(21)13-9-18-20(11(13)2)6-4-5-15/h8-9H,4-7,15H2,1-3H3,(H,16,21). The summed E-state index contributed by atoms with van der Waals surface area (Å²) < 4.78 is 3.61. The summed E-state index contributed by atoms with van der Waals surface area (Å²) in [6, 6.07) is 0. The molecule has 7 heteroatoms. The van der Waals surface area contributed by atoms with Crippen LogP contribution in [0.1, 0.15) is 33.7 Å². The van der Waals surface area contributed by atoms with Crippen LogP contribution in [0.2, 0.25) is 0 Å². The molecule has 0 atom stereocenters. The molecule has 0 aromatic carbocycles. The van der Waals surface area contributed by atoms with Crippen molar-refractivity contribution in [1.29, 1.82) is 0 Å². The summed E-state index contributed by atoms with van der Waals surface area (Å²) >= 11 is 0. The predicted octanol–water partition coefficient (Wildman–Crippen LogP) is 0.512. The summed E-state index contributed by atoms with van der Waals surface area (Å²) in [6.45, 7) is 5.68. The number of aromatic nitrogens is 4. The lowest BCUT2D eigenvalue weighted by atomic mass is 10.2.